The van der Waals surface area contributed by atoms with Crippen molar-refractivity contribution in [2.75, 3.05) is 26.8 Å². The van der Waals surface area contributed by atoms with E-state index in [1.165, 1.54) is 5.56 Å². The molecule has 0 spiro atoms. The molecule has 0 bridgehead atoms. The highest BCUT2D eigenvalue weighted by molar-refractivity contribution is 5.81. The number of hydrogen-bond acceptors (Lipinski definition) is 6. The second-order valence-electron chi connectivity index (χ2n) is 8.45. The number of tetrazole rings is 1. The van der Waals surface area contributed by atoms with E-state index in [-0.39, 0.29) is 11.6 Å². The van der Waals surface area contributed by atoms with E-state index in [0.717, 1.165) is 42.4 Å². The number of methoxy groups -OCH3 is 1. The lowest BCUT2D eigenvalue weighted by Crippen LogP contribution is -2.40. The molecule has 2 aromatic heterocycles. The van der Waals surface area contributed by atoms with Crippen LogP contribution in [0.25, 0.3) is 10.9 Å². The number of benzene rings is 1. The van der Waals surface area contributed by atoms with Gasteiger partial charge in [0.05, 0.1) is 13.2 Å². The van der Waals surface area contributed by atoms with Crippen LogP contribution >= 0.6 is 0 Å². The number of aromatic nitrogens is 5. The van der Waals surface area contributed by atoms with Gasteiger partial charge in [0.2, 0.25) is 0 Å². The Labute approximate surface area is 176 Å². The van der Waals surface area contributed by atoms with Crippen LogP contribution in [0, 0.1) is 19.8 Å². The van der Waals surface area contributed by atoms with Gasteiger partial charge in [-0.3, -0.25) is 9.69 Å². The van der Waals surface area contributed by atoms with Crippen molar-refractivity contribution in [2.24, 2.45) is 5.92 Å². The Bertz CT molecular complexity index is 1080. The standard InChI is InChI=1S/C22H30N6O2/c1-14-5-7-27(8-6-14)20(21-24-25-26-28(21)9-10-30-4)18-13-17-11-15(2)16(3)12-19(17)23-22(18)29/h11-14,20H,5-10H2,1-4H3,(H,23,29). The maximum Gasteiger partial charge on any atom is 0.253 e. The number of aromatic amines is 1. The lowest BCUT2D eigenvalue weighted by atomic mass is 9.95. The summed E-state index contributed by atoms with van der Waals surface area (Å²) in [5, 5.41) is 13.5. The minimum absolute atomic E-state index is 0.0873. The molecule has 3 aromatic rings. The summed E-state index contributed by atoms with van der Waals surface area (Å²) in [6, 6.07) is 5.89. The predicted molar refractivity (Wildman–Crippen MR) is 116 cm³/mol. The van der Waals surface area contributed by atoms with Crippen molar-refractivity contribution in [3.63, 3.8) is 0 Å². The highest BCUT2D eigenvalue weighted by Gasteiger charge is 2.32. The van der Waals surface area contributed by atoms with Gasteiger partial charge in [-0.05, 0) is 90.8 Å². The first-order valence-electron chi connectivity index (χ1n) is 10.6. The molecule has 0 amide bonds. The summed E-state index contributed by atoms with van der Waals surface area (Å²) in [7, 11) is 1.66. The molecular formula is C22H30N6O2. The number of aryl methyl sites for hydroxylation is 2. The topological polar surface area (TPSA) is 88.9 Å². The van der Waals surface area contributed by atoms with Gasteiger partial charge in [-0.2, -0.15) is 0 Å². The van der Waals surface area contributed by atoms with Gasteiger partial charge >= 0.3 is 0 Å². The number of H-pyrrole nitrogens is 1. The number of hydrogen-bond donors (Lipinski definition) is 1. The van der Waals surface area contributed by atoms with Crippen molar-refractivity contribution >= 4 is 10.9 Å². The van der Waals surface area contributed by atoms with Gasteiger partial charge in [-0.1, -0.05) is 6.92 Å². The number of nitrogens with one attached hydrogen (secondary N) is 1. The quantitative estimate of drug-likeness (QED) is 0.672. The zero-order chi connectivity index (χ0) is 21.3. The zero-order valence-electron chi connectivity index (χ0n) is 18.2. The van der Waals surface area contributed by atoms with E-state index in [9.17, 15) is 4.79 Å². The van der Waals surface area contributed by atoms with Crippen molar-refractivity contribution in [3.05, 3.63) is 51.1 Å². The lowest BCUT2D eigenvalue weighted by molar-refractivity contribution is 0.144. The molecule has 8 heteroatoms. The van der Waals surface area contributed by atoms with E-state index < -0.39 is 0 Å². The molecule has 1 N–H and O–H groups in total. The molecule has 4 rings (SSSR count). The van der Waals surface area contributed by atoms with Crippen LogP contribution in [0.3, 0.4) is 0 Å². The van der Waals surface area contributed by atoms with Crippen LogP contribution < -0.4 is 5.56 Å². The third-order valence-electron chi connectivity index (χ3n) is 6.28. The van der Waals surface area contributed by atoms with Crippen LogP contribution in [0.15, 0.2) is 23.0 Å². The molecule has 0 aliphatic carbocycles. The molecule has 1 fully saturated rings. The van der Waals surface area contributed by atoms with Crippen LogP contribution in [0.4, 0.5) is 0 Å². The van der Waals surface area contributed by atoms with Gasteiger partial charge < -0.3 is 9.72 Å². The van der Waals surface area contributed by atoms with Crippen LogP contribution in [-0.2, 0) is 11.3 Å². The maximum atomic E-state index is 13.2. The Morgan fingerprint density at radius 2 is 1.93 bits per heavy atom. The van der Waals surface area contributed by atoms with Crippen molar-refractivity contribution < 1.29 is 4.74 Å². The molecule has 0 radical (unpaired) electrons. The average Bonchev–Trinajstić information content (AvgIpc) is 3.18. The predicted octanol–water partition coefficient (Wildman–Crippen LogP) is 2.60. The molecule has 1 atom stereocenters. The Hall–Kier alpha value is -2.58. The van der Waals surface area contributed by atoms with E-state index in [1.807, 2.05) is 12.1 Å². The van der Waals surface area contributed by atoms with E-state index in [1.54, 1.807) is 11.8 Å². The van der Waals surface area contributed by atoms with E-state index in [0.29, 0.717) is 30.5 Å². The summed E-state index contributed by atoms with van der Waals surface area (Å²) in [6.07, 6.45) is 2.19. The first-order chi connectivity index (χ1) is 14.5. The molecule has 8 nitrogen and oxygen atoms in total. The third-order valence-corrected chi connectivity index (χ3v) is 6.28. The summed E-state index contributed by atoms with van der Waals surface area (Å²) in [5.74, 6) is 1.38. The Morgan fingerprint density at radius 3 is 2.67 bits per heavy atom. The summed E-state index contributed by atoms with van der Waals surface area (Å²) in [6.45, 7) is 9.30. The molecule has 1 saturated heterocycles. The normalized spacial score (nSPS) is 16.9. The molecule has 160 valence electrons. The Kier molecular flexibility index (Phi) is 5.97. The summed E-state index contributed by atoms with van der Waals surface area (Å²) in [5.41, 5.74) is 3.83. The van der Waals surface area contributed by atoms with Crippen molar-refractivity contribution in [1.82, 2.24) is 30.1 Å². The molecule has 1 aromatic carbocycles. The van der Waals surface area contributed by atoms with E-state index >= 15 is 0 Å². The number of fused-ring (bicyclic) bond motifs is 1. The van der Waals surface area contributed by atoms with Gasteiger partial charge in [0.15, 0.2) is 5.82 Å². The van der Waals surface area contributed by atoms with Gasteiger partial charge in [0.1, 0.15) is 6.04 Å². The molecular weight excluding hydrogens is 380 g/mol. The van der Waals surface area contributed by atoms with Gasteiger partial charge in [0.25, 0.3) is 5.56 Å². The van der Waals surface area contributed by atoms with Gasteiger partial charge in [-0.25, -0.2) is 4.68 Å². The summed E-state index contributed by atoms with van der Waals surface area (Å²) in [4.78, 5) is 18.6. The van der Waals surface area contributed by atoms with Gasteiger partial charge in [0, 0.05) is 18.2 Å². The number of piperidine rings is 1. The van der Waals surface area contributed by atoms with Crippen LogP contribution in [-0.4, -0.2) is 56.9 Å². The number of likely N-dealkylation sites (tertiary alicyclic amines) is 1. The third kappa shape index (κ3) is 4.02. The van der Waals surface area contributed by atoms with Crippen molar-refractivity contribution in [3.8, 4) is 0 Å². The minimum atomic E-state index is -0.292. The molecule has 1 unspecified atom stereocenters. The SMILES string of the molecule is COCCn1nnnc1C(c1cc2cc(C)c(C)cc2[nH]c1=O)N1CCC(C)CC1. The minimum Gasteiger partial charge on any atom is -0.383 e. The Morgan fingerprint density at radius 1 is 1.20 bits per heavy atom. The maximum absolute atomic E-state index is 13.2. The van der Waals surface area contributed by atoms with Crippen LogP contribution in [0.1, 0.15) is 48.3 Å². The second-order valence-corrected chi connectivity index (χ2v) is 8.45. The lowest BCUT2D eigenvalue weighted by Gasteiger charge is -2.35. The number of nitrogens with zero attached hydrogens (tertiary/aromatic N) is 5. The average molecular weight is 411 g/mol. The van der Waals surface area contributed by atoms with E-state index in [4.69, 9.17) is 4.74 Å². The van der Waals surface area contributed by atoms with Crippen LogP contribution in [0.2, 0.25) is 0 Å². The van der Waals surface area contributed by atoms with E-state index in [2.05, 4.69) is 52.2 Å². The molecule has 1 aliphatic heterocycles. The number of pyridine rings is 1. The van der Waals surface area contributed by atoms with Crippen molar-refractivity contribution in [1.29, 1.82) is 0 Å². The van der Waals surface area contributed by atoms with Crippen molar-refractivity contribution in [2.45, 2.75) is 46.2 Å². The number of ether oxygens (including phenoxy) is 1. The molecule has 30 heavy (non-hydrogen) atoms. The monoisotopic (exact) mass is 410 g/mol. The highest BCUT2D eigenvalue weighted by Crippen LogP contribution is 2.31. The largest absolute Gasteiger partial charge is 0.383 e. The zero-order valence-corrected chi connectivity index (χ0v) is 18.2. The molecule has 1 aliphatic rings. The molecule has 0 saturated carbocycles. The first-order valence-corrected chi connectivity index (χ1v) is 10.6. The Balaban J connectivity index is 1.84. The first kappa shape index (κ1) is 20.7. The fourth-order valence-electron chi connectivity index (χ4n) is 4.23. The summed E-state index contributed by atoms with van der Waals surface area (Å²) >= 11 is 0. The van der Waals surface area contributed by atoms with Gasteiger partial charge in [-0.15, -0.1) is 5.10 Å². The molecule has 3 heterocycles. The summed E-state index contributed by atoms with van der Waals surface area (Å²) < 4.78 is 6.98. The second kappa shape index (κ2) is 8.65. The smallest absolute Gasteiger partial charge is 0.253 e. The number of rotatable bonds is 6. The fraction of sp³-hybridized carbons (Fsp3) is 0.545. The fourth-order valence-corrected chi connectivity index (χ4v) is 4.23. The highest BCUT2D eigenvalue weighted by atomic mass is 16.5. The van der Waals surface area contributed by atoms with Crippen LogP contribution in [0.5, 0.6) is 0 Å².